The van der Waals surface area contributed by atoms with Crippen molar-refractivity contribution in [3.63, 3.8) is 0 Å². The molecule has 0 spiro atoms. The van der Waals surface area contributed by atoms with Crippen LogP contribution in [0.25, 0.3) is 0 Å². The largest absolute Gasteiger partial charge is 0.465 e. The number of rotatable bonds is 5. The second-order valence-corrected chi connectivity index (χ2v) is 6.43. The number of hydrogen-bond donors (Lipinski definition) is 1. The lowest BCUT2D eigenvalue weighted by Crippen LogP contribution is -2.45. The first-order chi connectivity index (χ1) is 12.0. The first kappa shape index (κ1) is 19.0. The zero-order valence-electron chi connectivity index (χ0n) is 14.4. The van der Waals surface area contributed by atoms with E-state index in [4.69, 9.17) is 0 Å². The zero-order valence-corrected chi connectivity index (χ0v) is 15.3. The summed E-state index contributed by atoms with van der Waals surface area (Å²) in [6, 6.07) is 6.39. The fourth-order valence-electron chi connectivity index (χ4n) is 2.35. The average molecular weight is 363 g/mol. The summed E-state index contributed by atoms with van der Waals surface area (Å²) >= 11 is 1.30. The molecule has 1 atom stereocenters. The van der Waals surface area contributed by atoms with Crippen LogP contribution in [0.5, 0.6) is 0 Å². The Bertz CT molecular complexity index is 688. The summed E-state index contributed by atoms with van der Waals surface area (Å²) < 4.78 is 4.63. The van der Waals surface area contributed by atoms with E-state index in [1.54, 1.807) is 29.2 Å². The molecule has 1 aliphatic heterocycles. The normalized spacial score (nSPS) is 19.0. The van der Waals surface area contributed by atoms with Gasteiger partial charge in [-0.25, -0.2) is 4.79 Å². The third-order valence-electron chi connectivity index (χ3n) is 3.62. The molecule has 0 saturated carbocycles. The first-order valence-electron chi connectivity index (χ1n) is 8.00. The van der Waals surface area contributed by atoms with Crippen LogP contribution in [0.3, 0.4) is 0 Å². The van der Waals surface area contributed by atoms with E-state index in [-0.39, 0.29) is 18.2 Å². The van der Waals surface area contributed by atoms with Crippen LogP contribution in [0, 0.1) is 0 Å². The first-order valence-corrected chi connectivity index (χ1v) is 8.88. The van der Waals surface area contributed by atoms with E-state index in [9.17, 15) is 14.4 Å². The van der Waals surface area contributed by atoms with Crippen molar-refractivity contribution in [2.24, 2.45) is 4.99 Å². The summed E-state index contributed by atoms with van der Waals surface area (Å²) in [4.78, 5) is 42.1. The van der Waals surface area contributed by atoms with Crippen molar-refractivity contribution < 1.29 is 19.1 Å². The third kappa shape index (κ3) is 4.60. The molecule has 25 heavy (non-hydrogen) atoms. The van der Waals surface area contributed by atoms with Crippen LogP contribution >= 0.6 is 11.8 Å². The van der Waals surface area contributed by atoms with Crippen LogP contribution in [0.4, 0.5) is 5.69 Å². The molecular weight excluding hydrogens is 342 g/mol. The summed E-state index contributed by atoms with van der Waals surface area (Å²) in [6.45, 7) is 4.86. The minimum Gasteiger partial charge on any atom is -0.465 e. The highest BCUT2D eigenvalue weighted by Gasteiger charge is 2.34. The van der Waals surface area contributed by atoms with Crippen LogP contribution < -0.4 is 5.32 Å². The molecule has 2 amide bonds. The standard InChI is InChI=1S/C17H21N3O4S/c1-4-18-17-20(5-2)14(21)10-13(25-17)15(22)19-12-8-6-11(7-9-12)16(23)24-3/h6-9,13H,4-5,10H2,1-3H3,(H,19,22). The molecule has 7 nitrogen and oxygen atoms in total. The number of aliphatic imine (C=N–C) groups is 1. The minimum absolute atomic E-state index is 0.102. The lowest BCUT2D eigenvalue weighted by molar-refractivity contribution is -0.129. The topological polar surface area (TPSA) is 88.1 Å². The predicted molar refractivity (Wildman–Crippen MR) is 97.8 cm³/mol. The number of benzene rings is 1. The van der Waals surface area contributed by atoms with Crippen LogP contribution in [-0.4, -0.2) is 53.3 Å². The summed E-state index contributed by atoms with van der Waals surface area (Å²) in [5, 5.41) is 2.83. The van der Waals surface area contributed by atoms with Crippen molar-refractivity contribution in [3.05, 3.63) is 29.8 Å². The summed E-state index contributed by atoms with van der Waals surface area (Å²) in [5.74, 6) is -0.801. The Hall–Kier alpha value is -2.35. The molecule has 1 unspecified atom stereocenters. The number of amidine groups is 1. The molecule has 0 radical (unpaired) electrons. The average Bonchev–Trinajstić information content (AvgIpc) is 2.61. The zero-order chi connectivity index (χ0) is 18.4. The van der Waals surface area contributed by atoms with E-state index in [1.165, 1.54) is 18.9 Å². The number of carbonyl (C=O) groups excluding carboxylic acids is 3. The van der Waals surface area contributed by atoms with Gasteiger partial charge in [-0.2, -0.15) is 0 Å². The monoisotopic (exact) mass is 363 g/mol. The molecule has 1 aromatic carbocycles. The molecule has 1 saturated heterocycles. The van der Waals surface area contributed by atoms with Gasteiger partial charge in [-0.05, 0) is 38.1 Å². The Labute approximate surface area is 150 Å². The molecule has 1 fully saturated rings. The molecule has 1 aliphatic rings. The SMILES string of the molecule is CCN=C1SC(C(=O)Nc2ccc(C(=O)OC)cc2)CC(=O)N1CC. The molecule has 1 N–H and O–H groups in total. The number of nitrogens with zero attached hydrogens (tertiary/aromatic N) is 2. The third-order valence-corrected chi connectivity index (χ3v) is 4.84. The molecule has 134 valence electrons. The van der Waals surface area contributed by atoms with Crippen LogP contribution in [-0.2, 0) is 14.3 Å². The van der Waals surface area contributed by atoms with E-state index < -0.39 is 11.2 Å². The van der Waals surface area contributed by atoms with Gasteiger partial charge in [-0.3, -0.25) is 19.5 Å². The van der Waals surface area contributed by atoms with Crippen molar-refractivity contribution in [2.75, 3.05) is 25.5 Å². The van der Waals surface area contributed by atoms with Gasteiger partial charge >= 0.3 is 5.97 Å². The van der Waals surface area contributed by atoms with Gasteiger partial charge in [0.25, 0.3) is 0 Å². The summed E-state index contributed by atoms with van der Waals surface area (Å²) in [6.07, 6.45) is 0.132. The maximum Gasteiger partial charge on any atom is 0.337 e. The maximum absolute atomic E-state index is 12.5. The predicted octanol–water partition coefficient (Wildman–Crippen LogP) is 2.14. The molecule has 2 rings (SSSR count). The minimum atomic E-state index is -0.527. The lowest BCUT2D eigenvalue weighted by atomic mass is 10.2. The molecule has 0 aromatic heterocycles. The highest BCUT2D eigenvalue weighted by atomic mass is 32.2. The van der Waals surface area contributed by atoms with Gasteiger partial charge in [0.05, 0.1) is 12.7 Å². The highest BCUT2D eigenvalue weighted by molar-refractivity contribution is 8.15. The maximum atomic E-state index is 12.5. The molecule has 8 heteroatoms. The smallest absolute Gasteiger partial charge is 0.337 e. The molecule has 1 aromatic rings. The fraction of sp³-hybridized carbons (Fsp3) is 0.412. The van der Waals surface area contributed by atoms with E-state index in [0.717, 1.165) is 0 Å². The molecule has 1 heterocycles. The number of amides is 2. The van der Waals surface area contributed by atoms with Gasteiger partial charge in [0, 0.05) is 25.2 Å². The number of nitrogens with one attached hydrogen (secondary N) is 1. The number of ether oxygens (including phenoxy) is 1. The van der Waals surface area contributed by atoms with E-state index in [2.05, 4.69) is 15.0 Å². The van der Waals surface area contributed by atoms with Crippen molar-refractivity contribution in [2.45, 2.75) is 25.5 Å². The quantitative estimate of drug-likeness (QED) is 0.810. The highest BCUT2D eigenvalue weighted by Crippen LogP contribution is 2.27. The fourth-order valence-corrected chi connectivity index (χ4v) is 3.56. The van der Waals surface area contributed by atoms with Gasteiger partial charge in [-0.1, -0.05) is 11.8 Å². The van der Waals surface area contributed by atoms with E-state index in [1.807, 2.05) is 13.8 Å². The molecular formula is C17H21N3O4S. The van der Waals surface area contributed by atoms with Gasteiger partial charge < -0.3 is 10.1 Å². The van der Waals surface area contributed by atoms with Crippen molar-refractivity contribution in [1.29, 1.82) is 0 Å². The van der Waals surface area contributed by atoms with Gasteiger partial charge in [-0.15, -0.1) is 0 Å². The molecule has 0 bridgehead atoms. The second kappa shape index (κ2) is 8.66. The van der Waals surface area contributed by atoms with Gasteiger partial charge in [0.1, 0.15) is 5.25 Å². The van der Waals surface area contributed by atoms with E-state index in [0.29, 0.717) is 29.5 Å². The Morgan fingerprint density at radius 3 is 2.56 bits per heavy atom. The van der Waals surface area contributed by atoms with E-state index >= 15 is 0 Å². The van der Waals surface area contributed by atoms with Crippen LogP contribution in [0.2, 0.25) is 0 Å². The van der Waals surface area contributed by atoms with Crippen molar-refractivity contribution >= 4 is 40.4 Å². The Balaban J connectivity index is 2.06. The second-order valence-electron chi connectivity index (χ2n) is 5.26. The summed E-state index contributed by atoms with van der Waals surface area (Å²) in [7, 11) is 1.31. The Kier molecular flexibility index (Phi) is 6.58. The Morgan fingerprint density at radius 2 is 2.00 bits per heavy atom. The van der Waals surface area contributed by atoms with Crippen molar-refractivity contribution in [3.8, 4) is 0 Å². The van der Waals surface area contributed by atoms with Crippen LogP contribution in [0.1, 0.15) is 30.6 Å². The number of thioether (sulfide) groups is 1. The van der Waals surface area contributed by atoms with Crippen LogP contribution in [0.15, 0.2) is 29.3 Å². The number of anilines is 1. The van der Waals surface area contributed by atoms with Gasteiger partial charge in [0.15, 0.2) is 5.17 Å². The van der Waals surface area contributed by atoms with Crippen molar-refractivity contribution in [1.82, 2.24) is 4.90 Å². The van der Waals surface area contributed by atoms with Gasteiger partial charge in [0.2, 0.25) is 11.8 Å². The summed E-state index contributed by atoms with van der Waals surface area (Å²) in [5.41, 5.74) is 0.955. The number of methoxy groups -OCH3 is 1. The molecule has 0 aliphatic carbocycles. The Morgan fingerprint density at radius 1 is 1.32 bits per heavy atom. The lowest BCUT2D eigenvalue weighted by Gasteiger charge is -2.30. The number of esters is 1. The number of hydrogen-bond acceptors (Lipinski definition) is 6. The number of carbonyl (C=O) groups is 3.